The van der Waals surface area contributed by atoms with Gasteiger partial charge in [-0.1, -0.05) is 0 Å². The number of rotatable bonds is 0. The van der Waals surface area contributed by atoms with E-state index in [9.17, 15) is 8.42 Å². The van der Waals surface area contributed by atoms with Gasteiger partial charge < -0.3 is 0 Å². The van der Waals surface area contributed by atoms with Crippen LogP contribution in [0.1, 0.15) is 0 Å². The zero-order chi connectivity index (χ0) is 4.62. The van der Waals surface area contributed by atoms with E-state index < -0.39 is 34.2 Å². The van der Waals surface area contributed by atoms with E-state index in [0.29, 0.717) is 0 Å². The second kappa shape index (κ2) is 1.36. The van der Waals surface area contributed by atoms with Crippen molar-refractivity contribution in [1.82, 2.24) is 0 Å². The molecule has 0 aliphatic carbocycles. The van der Waals surface area contributed by atoms with Crippen molar-refractivity contribution in [3.8, 4) is 0 Å². The van der Waals surface area contributed by atoms with Gasteiger partial charge in [0.25, 0.3) is 0 Å². The molecule has 1 heterocycles. The van der Waals surface area contributed by atoms with Crippen molar-refractivity contribution in [3.63, 3.8) is 0 Å². The Morgan fingerprint density at radius 1 is 1.33 bits per heavy atom. The van der Waals surface area contributed by atoms with Gasteiger partial charge in [-0.3, -0.25) is 0 Å². The van der Waals surface area contributed by atoms with Gasteiger partial charge in [-0.15, -0.1) is 0 Å². The Kier molecular flexibility index (Phi) is 1.11. The molecular formula is HfO4S. The fraction of sp³-hybridized carbons (Fsp3) is 0. The van der Waals surface area contributed by atoms with E-state index >= 15 is 0 Å². The van der Waals surface area contributed by atoms with Crippen LogP contribution >= 0.6 is 0 Å². The Labute approximate surface area is 47.3 Å². The van der Waals surface area contributed by atoms with Gasteiger partial charge in [-0.25, -0.2) is 0 Å². The standard InChI is InChI=1S/Hf.H2O4S/c;1-5(2,3)4/h;(H2,1,2,3,4)/q+2;/p-2. The molecule has 4 nitrogen and oxygen atoms in total. The van der Waals surface area contributed by atoms with Crippen molar-refractivity contribution in [3.05, 3.63) is 0 Å². The Bertz CT molecular complexity index is 122. The molecule has 0 radical (unpaired) electrons. The third kappa shape index (κ3) is 0.868. The molecule has 0 amide bonds. The summed E-state index contributed by atoms with van der Waals surface area (Å²) in [4.78, 5) is 0. The van der Waals surface area contributed by atoms with Crippen LogP contribution in [0.3, 0.4) is 0 Å². The van der Waals surface area contributed by atoms with Crippen molar-refractivity contribution < 1.29 is 36.8 Å². The first-order valence-corrected chi connectivity index (χ1v) is 5.34. The van der Waals surface area contributed by atoms with Gasteiger partial charge in [0.2, 0.25) is 0 Å². The van der Waals surface area contributed by atoms with E-state index in [1.807, 2.05) is 0 Å². The molecule has 34 valence electrons. The summed E-state index contributed by atoms with van der Waals surface area (Å²) in [5.41, 5.74) is 0. The van der Waals surface area contributed by atoms with E-state index in [2.05, 4.69) is 4.60 Å². The molecule has 0 saturated carbocycles. The molecule has 0 atom stereocenters. The summed E-state index contributed by atoms with van der Waals surface area (Å²) >= 11 is -1.47. The second-order valence-corrected chi connectivity index (χ2v) is 6.00. The molecule has 0 bridgehead atoms. The third-order valence-electron chi connectivity index (χ3n) is 0.272. The topological polar surface area (TPSA) is 52.6 Å². The molecule has 0 unspecified atom stereocenters. The first-order chi connectivity index (χ1) is 2.71. The Morgan fingerprint density at radius 2 is 1.67 bits per heavy atom. The van der Waals surface area contributed by atoms with Gasteiger partial charge in [0.1, 0.15) is 0 Å². The van der Waals surface area contributed by atoms with Gasteiger partial charge in [0.15, 0.2) is 0 Å². The quantitative estimate of drug-likeness (QED) is 0.542. The minimum absolute atomic E-state index is 1.47. The summed E-state index contributed by atoms with van der Waals surface area (Å²) < 4.78 is 27.5. The van der Waals surface area contributed by atoms with Crippen LogP contribution in [0.15, 0.2) is 0 Å². The molecule has 1 fully saturated rings. The molecule has 1 aliphatic heterocycles. The average molecular weight is 275 g/mol. The summed E-state index contributed by atoms with van der Waals surface area (Å²) in [6.07, 6.45) is 0. The van der Waals surface area contributed by atoms with Crippen LogP contribution in [0.25, 0.3) is 0 Å². The monoisotopic (exact) mass is 276 g/mol. The summed E-state index contributed by atoms with van der Waals surface area (Å²) in [6.45, 7) is 0. The van der Waals surface area contributed by atoms with Gasteiger partial charge in [-0.05, 0) is 0 Å². The molecule has 6 heavy (non-hydrogen) atoms. The summed E-state index contributed by atoms with van der Waals surface area (Å²) in [5, 5.41) is 0. The summed E-state index contributed by atoms with van der Waals surface area (Å²) in [6, 6.07) is 0. The Morgan fingerprint density at radius 3 is 1.67 bits per heavy atom. The van der Waals surface area contributed by atoms with Crippen molar-refractivity contribution in [2.24, 2.45) is 0 Å². The number of hydrogen-bond donors (Lipinski definition) is 0. The zero-order valence-electron chi connectivity index (χ0n) is 2.54. The van der Waals surface area contributed by atoms with Crippen molar-refractivity contribution in [2.45, 2.75) is 0 Å². The van der Waals surface area contributed by atoms with Crippen LogP contribution in [0, 0.1) is 0 Å². The zero-order valence-corrected chi connectivity index (χ0v) is 6.95. The average Bonchev–Trinajstić information content (AvgIpc) is 1.32. The molecule has 0 aromatic heterocycles. The van der Waals surface area contributed by atoms with E-state index in [-0.39, 0.29) is 0 Å². The molecule has 1 saturated heterocycles. The fourth-order valence-corrected chi connectivity index (χ4v) is 2.20. The van der Waals surface area contributed by atoms with Crippen LogP contribution in [-0.4, -0.2) is 8.42 Å². The maximum absolute atomic E-state index is 9.69. The van der Waals surface area contributed by atoms with Crippen molar-refractivity contribution in [1.29, 1.82) is 0 Å². The first-order valence-electron chi connectivity index (χ1n) is 1.07. The maximum atomic E-state index is 9.69. The second-order valence-electron chi connectivity index (χ2n) is 0.658. The van der Waals surface area contributed by atoms with Crippen LogP contribution in [0.4, 0.5) is 0 Å². The third-order valence-corrected chi connectivity index (χ3v) is 6.68. The summed E-state index contributed by atoms with van der Waals surface area (Å²) in [5.74, 6) is 0. The predicted octanol–water partition coefficient (Wildman–Crippen LogP) is -0.809. The van der Waals surface area contributed by atoms with Crippen LogP contribution in [0.2, 0.25) is 0 Å². The van der Waals surface area contributed by atoms with E-state index in [4.69, 9.17) is 0 Å². The molecule has 1 rings (SSSR count). The predicted molar refractivity (Wildman–Crippen MR) is 11.1 cm³/mol. The van der Waals surface area contributed by atoms with E-state index in [1.165, 1.54) is 0 Å². The molecule has 1 aliphatic rings. The molecule has 0 N–H and O–H groups in total. The molecule has 0 aromatic carbocycles. The fourth-order valence-electron chi connectivity index (χ4n) is 0.0896. The molecule has 6 heteroatoms. The van der Waals surface area contributed by atoms with Crippen LogP contribution in [0.5, 0.6) is 0 Å². The normalized spacial score (nSPS) is 27.3. The van der Waals surface area contributed by atoms with Crippen LogP contribution in [-0.2, 0) is 38.8 Å². The van der Waals surface area contributed by atoms with Crippen LogP contribution < -0.4 is 0 Å². The van der Waals surface area contributed by atoms with Crippen molar-refractivity contribution >= 4 is 10.4 Å². The SMILES string of the molecule is O=S1(=O)[O][Hf][O]1. The molecule has 0 spiro atoms. The van der Waals surface area contributed by atoms with Gasteiger partial charge >= 0.3 is 47.2 Å². The molecule has 0 aromatic rings. The minimum atomic E-state index is -3.40. The van der Waals surface area contributed by atoms with Crippen molar-refractivity contribution in [2.75, 3.05) is 0 Å². The Balaban J connectivity index is 2.78. The first kappa shape index (κ1) is 4.89. The number of hydrogen-bond acceptors (Lipinski definition) is 4. The molecular weight excluding hydrogens is 275 g/mol. The Hall–Kier alpha value is 0.740. The van der Waals surface area contributed by atoms with E-state index in [0.717, 1.165) is 0 Å². The summed E-state index contributed by atoms with van der Waals surface area (Å²) in [7, 11) is -3.40. The van der Waals surface area contributed by atoms with E-state index in [1.54, 1.807) is 0 Å². The van der Waals surface area contributed by atoms with Gasteiger partial charge in [0.05, 0.1) is 0 Å². The van der Waals surface area contributed by atoms with Gasteiger partial charge in [0, 0.05) is 0 Å². The van der Waals surface area contributed by atoms with Gasteiger partial charge in [-0.2, -0.15) is 0 Å².